The molecule has 2 rings (SSSR count). The Hall–Kier alpha value is -0.480. The Kier molecular flexibility index (Phi) is 4.79. The molecule has 0 aliphatic carbocycles. The highest BCUT2D eigenvalue weighted by Gasteiger charge is 2.47. The highest BCUT2D eigenvalue weighted by atomic mass is 35.5. The normalized spacial score (nSPS) is 23.3. The van der Waals surface area contributed by atoms with Gasteiger partial charge in [-0.3, -0.25) is 0 Å². The first kappa shape index (κ1) is 16.9. The third kappa shape index (κ3) is 3.84. The maximum absolute atomic E-state index is 6.33. The highest BCUT2D eigenvalue weighted by Crippen LogP contribution is 2.42. The van der Waals surface area contributed by atoms with Gasteiger partial charge in [0.1, 0.15) is 17.5 Å². The maximum atomic E-state index is 6.33. The molecule has 0 amide bonds. The minimum absolute atomic E-state index is 0.0539. The van der Waals surface area contributed by atoms with E-state index < -0.39 is 0 Å². The van der Waals surface area contributed by atoms with Crippen molar-refractivity contribution in [2.75, 3.05) is 7.05 Å². The van der Waals surface area contributed by atoms with Crippen molar-refractivity contribution in [3.63, 3.8) is 0 Å². The second-order valence-corrected chi connectivity index (χ2v) is 7.53. The van der Waals surface area contributed by atoms with Crippen LogP contribution in [0.2, 0.25) is 10.0 Å². The molecule has 1 fully saturated rings. The van der Waals surface area contributed by atoms with E-state index in [-0.39, 0.29) is 17.3 Å². The van der Waals surface area contributed by atoms with Crippen LogP contribution >= 0.6 is 23.2 Å². The van der Waals surface area contributed by atoms with Gasteiger partial charge >= 0.3 is 0 Å². The average molecular weight is 332 g/mol. The number of halogens is 2. The molecule has 1 aromatic rings. The zero-order chi connectivity index (χ0) is 15.8. The van der Waals surface area contributed by atoms with Gasteiger partial charge in [0.15, 0.2) is 0 Å². The average Bonchev–Trinajstić information content (AvgIpc) is 2.51. The summed E-state index contributed by atoms with van der Waals surface area (Å²) in [6.45, 7) is 8.90. The Morgan fingerprint density at radius 2 is 1.95 bits per heavy atom. The van der Waals surface area contributed by atoms with E-state index in [1.807, 2.05) is 27.0 Å². The summed E-state index contributed by atoms with van der Waals surface area (Å²) < 4.78 is 12.3. The molecule has 1 aliphatic heterocycles. The van der Waals surface area contributed by atoms with Crippen LogP contribution in [0.1, 0.15) is 39.7 Å². The molecule has 0 spiro atoms. The Balaban J connectivity index is 2.31. The molecule has 21 heavy (non-hydrogen) atoms. The van der Waals surface area contributed by atoms with Gasteiger partial charge in [0.25, 0.3) is 0 Å². The second kappa shape index (κ2) is 5.96. The van der Waals surface area contributed by atoms with Gasteiger partial charge in [0, 0.05) is 23.6 Å². The highest BCUT2D eigenvalue weighted by molar-refractivity contribution is 6.35. The van der Waals surface area contributed by atoms with E-state index >= 15 is 0 Å². The predicted molar refractivity (Wildman–Crippen MR) is 87.5 cm³/mol. The zero-order valence-corrected chi connectivity index (χ0v) is 14.7. The van der Waals surface area contributed by atoms with E-state index in [2.05, 4.69) is 19.2 Å². The molecular formula is C16H23Cl2NO2. The van der Waals surface area contributed by atoms with E-state index in [9.17, 15) is 0 Å². The summed E-state index contributed by atoms with van der Waals surface area (Å²) in [5.74, 6) is 0.690. The number of hydrogen-bond donors (Lipinski definition) is 1. The number of ether oxygens (including phenoxy) is 2. The van der Waals surface area contributed by atoms with Gasteiger partial charge in [-0.15, -0.1) is 0 Å². The molecule has 118 valence electrons. The monoisotopic (exact) mass is 331 g/mol. The van der Waals surface area contributed by atoms with Crippen LogP contribution in [0.4, 0.5) is 0 Å². The van der Waals surface area contributed by atoms with Crippen LogP contribution in [-0.4, -0.2) is 24.4 Å². The molecule has 3 nitrogen and oxygen atoms in total. The lowest BCUT2D eigenvalue weighted by atomic mass is 9.97. The molecule has 1 atom stereocenters. The second-order valence-electron chi connectivity index (χ2n) is 6.68. The van der Waals surface area contributed by atoms with Gasteiger partial charge in [0.05, 0.1) is 10.6 Å². The molecule has 1 unspecified atom stereocenters. The molecule has 0 aromatic heterocycles. The van der Waals surface area contributed by atoms with Gasteiger partial charge in [0.2, 0.25) is 0 Å². The lowest BCUT2D eigenvalue weighted by Crippen LogP contribution is -2.37. The van der Waals surface area contributed by atoms with Gasteiger partial charge in [-0.05, 0) is 46.9 Å². The lowest BCUT2D eigenvalue weighted by Gasteiger charge is -2.28. The van der Waals surface area contributed by atoms with E-state index in [0.29, 0.717) is 22.3 Å². The summed E-state index contributed by atoms with van der Waals surface area (Å²) in [6.07, 6.45) is 0.764. The van der Waals surface area contributed by atoms with Crippen LogP contribution in [0, 0.1) is 0 Å². The van der Waals surface area contributed by atoms with Crippen molar-refractivity contribution >= 4 is 23.2 Å². The topological polar surface area (TPSA) is 30.5 Å². The quantitative estimate of drug-likeness (QED) is 0.884. The first-order chi connectivity index (χ1) is 9.64. The fourth-order valence-electron chi connectivity index (χ4n) is 2.90. The molecule has 1 aliphatic rings. The van der Waals surface area contributed by atoms with E-state index in [1.165, 1.54) is 0 Å². The van der Waals surface area contributed by atoms with Gasteiger partial charge in [-0.1, -0.05) is 23.2 Å². The summed E-state index contributed by atoms with van der Waals surface area (Å²) in [6, 6.07) is 3.60. The Morgan fingerprint density at radius 3 is 2.48 bits per heavy atom. The van der Waals surface area contributed by atoms with Crippen LogP contribution < -0.4 is 10.1 Å². The standard InChI is InChI=1S/C16H23Cl2NO2/c1-15(2)8-13(16(3,4)21-15)20-14-10(9-19-5)6-11(17)7-12(14)18/h6-7,13,19H,8-9H2,1-5H3. The van der Waals surface area contributed by atoms with Crippen LogP contribution in [0.15, 0.2) is 12.1 Å². The smallest absolute Gasteiger partial charge is 0.143 e. The number of hydrogen-bond acceptors (Lipinski definition) is 3. The largest absolute Gasteiger partial charge is 0.485 e. The van der Waals surface area contributed by atoms with Crippen molar-refractivity contribution in [2.45, 2.75) is 58.0 Å². The van der Waals surface area contributed by atoms with Crippen molar-refractivity contribution in [2.24, 2.45) is 0 Å². The Bertz CT molecular complexity index is 529. The van der Waals surface area contributed by atoms with Crippen LogP contribution in [0.5, 0.6) is 5.75 Å². The van der Waals surface area contributed by atoms with Crippen molar-refractivity contribution in [3.8, 4) is 5.75 Å². The molecule has 0 saturated carbocycles. The van der Waals surface area contributed by atoms with E-state index in [4.69, 9.17) is 32.7 Å². The summed E-state index contributed by atoms with van der Waals surface area (Å²) in [5, 5.41) is 4.26. The Labute approximate surface area is 136 Å². The van der Waals surface area contributed by atoms with Crippen LogP contribution in [0.25, 0.3) is 0 Å². The minimum atomic E-state index is -0.358. The fourth-order valence-corrected chi connectivity index (χ4v) is 3.49. The maximum Gasteiger partial charge on any atom is 0.143 e. The molecule has 1 heterocycles. The number of nitrogens with one attached hydrogen (secondary N) is 1. The molecule has 1 saturated heterocycles. The molecule has 1 aromatic carbocycles. The number of rotatable bonds is 4. The number of benzene rings is 1. The van der Waals surface area contributed by atoms with E-state index in [0.717, 1.165) is 12.0 Å². The van der Waals surface area contributed by atoms with Crippen LogP contribution in [0.3, 0.4) is 0 Å². The van der Waals surface area contributed by atoms with Gasteiger partial charge in [-0.2, -0.15) is 0 Å². The lowest BCUT2D eigenvalue weighted by molar-refractivity contribution is -0.0846. The molecule has 0 radical (unpaired) electrons. The minimum Gasteiger partial charge on any atom is -0.485 e. The molecular weight excluding hydrogens is 309 g/mol. The summed E-state index contributed by atoms with van der Waals surface area (Å²) >= 11 is 12.4. The zero-order valence-electron chi connectivity index (χ0n) is 13.2. The summed E-state index contributed by atoms with van der Waals surface area (Å²) in [4.78, 5) is 0. The van der Waals surface area contributed by atoms with Crippen molar-refractivity contribution in [1.82, 2.24) is 5.32 Å². The summed E-state index contributed by atoms with van der Waals surface area (Å²) in [5.41, 5.74) is 0.398. The van der Waals surface area contributed by atoms with Gasteiger partial charge in [-0.25, -0.2) is 0 Å². The van der Waals surface area contributed by atoms with Gasteiger partial charge < -0.3 is 14.8 Å². The molecule has 1 N–H and O–H groups in total. The summed E-state index contributed by atoms with van der Waals surface area (Å²) in [7, 11) is 1.88. The van der Waals surface area contributed by atoms with E-state index in [1.54, 1.807) is 6.07 Å². The molecule has 5 heteroatoms. The molecule has 0 bridgehead atoms. The third-order valence-electron chi connectivity index (χ3n) is 3.70. The van der Waals surface area contributed by atoms with Crippen LogP contribution in [-0.2, 0) is 11.3 Å². The Morgan fingerprint density at radius 1 is 1.29 bits per heavy atom. The first-order valence-corrected chi connectivity index (χ1v) is 7.89. The van der Waals surface area contributed by atoms with Crippen molar-refractivity contribution < 1.29 is 9.47 Å². The third-order valence-corrected chi connectivity index (χ3v) is 4.20. The van der Waals surface area contributed by atoms with Crippen molar-refractivity contribution in [3.05, 3.63) is 27.7 Å². The fraction of sp³-hybridized carbons (Fsp3) is 0.625. The first-order valence-electron chi connectivity index (χ1n) is 7.14. The predicted octanol–water partition coefficient (Wildman–Crippen LogP) is 4.44. The van der Waals surface area contributed by atoms with Crippen molar-refractivity contribution in [1.29, 1.82) is 0 Å². The SMILES string of the molecule is CNCc1cc(Cl)cc(Cl)c1OC1CC(C)(C)OC1(C)C.